The summed E-state index contributed by atoms with van der Waals surface area (Å²) in [5.41, 5.74) is 0.323. The number of hydrogen-bond donors (Lipinski definition) is 2. The van der Waals surface area contributed by atoms with Crippen molar-refractivity contribution in [3.63, 3.8) is 0 Å². The van der Waals surface area contributed by atoms with Crippen molar-refractivity contribution in [2.24, 2.45) is 5.92 Å². The molecule has 38 heavy (non-hydrogen) atoms. The Morgan fingerprint density at radius 1 is 1.05 bits per heavy atom. The van der Waals surface area contributed by atoms with E-state index >= 15 is 0 Å². The molecule has 2 aliphatic rings. The molecule has 1 aliphatic carbocycles. The quantitative estimate of drug-likeness (QED) is 0.478. The number of fused-ring (bicyclic) bond motifs is 1. The fraction of sp³-hybridized carbons (Fsp3) is 0.444. The van der Waals surface area contributed by atoms with E-state index in [1.807, 2.05) is 13.8 Å². The summed E-state index contributed by atoms with van der Waals surface area (Å²) < 4.78 is 31.1. The number of likely N-dealkylation sites (tertiary alicyclic amines) is 1. The first-order valence-corrected chi connectivity index (χ1v) is 14.5. The number of piperidine rings is 1. The third-order valence-electron chi connectivity index (χ3n) is 7.16. The third-order valence-corrected chi connectivity index (χ3v) is 8.69. The Balaban J connectivity index is 1.35. The number of hydrogen-bond acceptors (Lipinski definition) is 5. The number of carbonyl (C=O) groups excluding carboxylic acids is 1. The van der Waals surface area contributed by atoms with Crippen LogP contribution in [-0.4, -0.2) is 47.6 Å². The Hall–Kier alpha value is -3.44. The summed E-state index contributed by atoms with van der Waals surface area (Å²) in [7, 11) is -3.69. The first-order valence-electron chi connectivity index (χ1n) is 13.1. The van der Waals surface area contributed by atoms with Gasteiger partial charge in [-0.15, -0.1) is 0 Å². The molecule has 3 aromatic rings. The van der Waals surface area contributed by atoms with Crippen LogP contribution in [0.15, 0.2) is 63.0 Å². The van der Waals surface area contributed by atoms with E-state index in [-0.39, 0.29) is 34.8 Å². The van der Waals surface area contributed by atoms with Gasteiger partial charge in [-0.2, -0.15) is 0 Å². The summed E-state index contributed by atoms with van der Waals surface area (Å²) in [4.78, 5) is 41.3. The summed E-state index contributed by atoms with van der Waals surface area (Å²) in [6.45, 7) is 4.93. The van der Waals surface area contributed by atoms with Gasteiger partial charge in [0.25, 0.3) is 5.56 Å². The minimum atomic E-state index is -3.69. The number of nitrogens with one attached hydrogen (secondary N) is 2. The van der Waals surface area contributed by atoms with Crippen LogP contribution in [0.3, 0.4) is 0 Å². The molecule has 10 nitrogen and oxygen atoms in total. The van der Waals surface area contributed by atoms with Gasteiger partial charge in [0.15, 0.2) is 0 Å². The number of aromatic nitrogens is 2. The van der Waals surface area contributed by atoms with E-state index in [1.54, 1.807) is 45.9 Å². The number of sulfonamides is 1. The number of anilines is 1. The lowest BCUT2D eigenvalue weighted by atomic mass is 10.1. The standard InChI is InChI=1S/C27H33N5O5S/c1-18(2)32-24-13-12-20(15-23(24)25(33)31(27(32)35)16-19-10-11-19)28-26(34)30-14-6-7-21(17-30)29-38(36,37)22-8-4-3-5-9-22/h3-5,8-9,12-13,15,18-19,21,29H,6-7,10-11,14,16-17H2,1-2H3,(H,28,34). The molecule has 1 saturated carbocycles. The highest BCUT2D eigenvalue weighted by molar-refractivity contribution is 7.89. The molecular weight excluding hydrogens is 506 g/mol. The van der Waals surface area contributed by atoms with Gasteiger partial charge in [0, 0.05) is 37.4 Å². The fourth-order valence-corrected chi connectivity index (χ4v) is 6.31. The van der Waals surface area contributed by atoms with Gasteiger partial charge in [-0.1, -0.05) is 18.2 Å². The SMILES string of the molecule is CC(C)n1c(=O)n(CC2CC2)c(=O)c2cc(NC(=O)N3CCCC(NS(=O)(=O)c4ccccc4)C3)ccc21. The highest BCUT2D eigenvalue weighted by Gasteiger charge is 2.28. The van der Waals surface area contributed by atoms with Crippen molar-refractivity contribution in [1.82, 2.24) is 18.8 Å². The Morgan fingerprint density at radius 2 is 1.79 bits per heavy atom. The zero-order chi connectivity index (χ0) is 27.0. The van der Waals surface area contributed by atoms with Crippen LogP contribution in [0, 0.1) is 5.92 Å². The molecule has 1 aromatic heterocycles. The van der Waals surface area contributed by atoms with Gasteiger partial charge >= 0.3 is 11.7 Å². The van der Waals surface area contributed by atoms with E-state index in [2.05, 4.69) is 10.0 Å². The molecule has 11 heteroatoms. The molecule has 2 N–H and O–H groups in total. The Kier molecular flexibility index (Phi) is 7.15. The predicted molar refractivity (Wildman–Crippen MR) is 146 cm³/mol. The van der Waals surface area contributed by atoms with Crippen molar-refractivity contribution in [2.45, 2.75) is 63.1 Å². The second-order valence-corrected chi connectivity index (χ2v) is 12.2. The van der Waals surface area contributed by atoms with Gasteiger partial charge in [0.05, 0.1) is 15.8 Å². The van der Waals surface area contributed by atoms with Crippen LogP contribution in [0.1, 0.15) is 45.6 Å². The Labute approximate surface area is 221 Å². The number of amides is 2. The maximum absolute atomic E-state index is 13.3. The molecule has 1 aliphatic heterocycles. The maximum atomic E-state index is 13.3. The lowest BCUT2D eigenvalue weighted by molar-refractivity contribution is 0.190. The molecule has 1 atom stereocenters. The lowest BCUT2D eigenvalue weighted by Crippen LogP contribution is -2.50. The largest absolute Gasteiger partial charge is 0.331 e. The molecule has 202 valence electrons. The highest BCUT2D eigenvalue weighted by atomic mass is 32.2. The Morgan fingerprint density at radius 3 is 2.47 bits per heavy atom. The molecule has 0 bridgehead atoms. The molecule has 2 heterocycles. The summed E-state index contributed by atoms with van der Waals surface area (Å²) >= 11 is 0. The van der Waals surface area contributed by atoms with Crippen molar-refractivity contribution < 1.29 is 13.2 Å². The first-order chi connectivity index (χ1) is 18.1. The minimum Gasteiger partial charge on any atom is -0.323 e. The minimum absolute atomic E-state index is 0.138. The van der Waals surface area contributed by atoms with Crippen LogP contribution in [0.4, 0.5) is 10.5 Å². The van der Waals surface area contributed by atoms with Crippen molar-refractivity contribution >= 4 is 32.6 Å². The highest BCUT2D eigenvalue weighted by Crippen LogP contribution is 2.30. The van der Waals surface area contributed by atoms with Crippen LogP contribution in [0.5, 0.6) is 0 Å². The van der Waals surface area contributed by atoms with Crippen LogP contribution in [0.2, 0.25) is 0 Å². The van der Waals surface area contributed by atoms with E-state index < -0.39 is 16.1 Å². The Bertz CT molecular complexity index is 1580. The van der Waals surface area contributed by atoms with Gasteiger partial charge in [0.1, 0.15) is 0 Å². The predicted octanol–water partition coefficient (Wildman–Crippen LogP) is 3.13. The number of urea groups is 1. The van der Waals surface area contributed by atoms with Crippen LogP contribution in [-0.2, 0) is 16.6 Å². The van der Waals surface area contributed by atoms with Crippen molar-refractivity contribution in [3.05, 3.63) is 69.4 Å². The van der Waals surface area contributed by atoms with Crippen molar-refractivity contribution in [2.75, 3.05) is 18.4 Å². The van der Waals surface area contributed by atoms with Gasteiger partial charge in [-0.25, -0.2) is 22.7 Å². The molecule has 5 rings (SSSR count). The average Bonchev–Trinajstić information content (AvgIpc) is 3.71. The smallest absolute Gasteiger partial charge is 0.323 e. The van der Waals surface area contributed by atoms with E-state index in [0.717, 1.165) is 12.8 Å². The van der Waals surface area contributed by atoms with Crippen LogP contribution in [0.25, 0.3) is 10.9 Å². The molecule has 0 radical (unpaired) electrons. The van der Waals surface area contributed by atoms with E-state index in [0.29, 0.717) is 48.4 Å². The normalized spacial score (nSPS) is 18.2. The topological polar surface area (TPSA) is 123 Å². The molecule has 1 unspecified atom stereocenters. The van der Waals surface area contributed by atoms with E-state index in [4.69, 9.17) is 0 Å². The number of nitrogens with zero attached hydrogens (tertiary/aromatic N) is 3. The van der Waals surface area contributed by atoms with E-state index in [1.165, 1.54) is 16.7 Å². The van der Waals surface area contributed by atoms with E-state index in [9.17, 15) is 22.8 Å². The maximum Gasteiger partial charge on any atom is 0.331 e. The molecular formula is C27H33N5O5S. The molecule has 2 fully saturated rings. The summed E-state index contributed by atoms with van der Waals surface area (Å²) in [5, 5.41) is 3.23. The molecule has 2 aromatic carbocycles. The second-order valence-electron chi connectivity index (χ2n) is 10.5. The number of benzene rings is 2. The third kappa shape index (κ3) is 5.39. The van der Waals surface area contributed by atoms with Gasteiger partial charge < -0.3 is 10.2 Å². The summed E-state index contributed by atoms with van der Waals surface area (Å²) in [5.74, 6) is 0.354. The van der Waals surface area contributed by atoms with Gasteiger partial charge in [-0.3, -0.25) is 13.9 Å². The zero-order valence-corrected chi connectivity index (χ0v) is 22.4. The number of carbonyl (C=O) groups is 1. The fourth-order valence-electron chi connectivity index (χ4n) is 5.03. The van der Waals surface area contributed by atoms with Gasteiger partial charge in [0.2, 0.25) is 10.0 Å². The monoisotopic (exact) mass is 539 g/mol. The van der Waals surface area contributed by atoms with Crippen LogP contribution >= 0.6 is 0 Å². The second kappa shape index (κ2) is 10.4. The molecule has 1 saturated heterocycles. The van der Waals surface area contributed by atoms with Crippen LogP contribution < -0.4 is 21.3 Å². The zero-order valence-electron chi connectivity index (χ0n) is 21.6. The number of rotatable bonds is 7. The lowest BCUT2D eigenvalue weighted by Gasteiger charge is -2.33. The summed E-state index contributed by atoms with van der Waals surface area (Å²) in [6.07, 6.45) is 3.30. The molecule has 0 spiro atoms. The average molecular weight is 540 g/mol. The van der Waals surface area contributed by atoms with Crippen molar-refractivity contribution in [3.8, 4) is 0 Å². The first kappa shape index (κ1) is 26.2. The summed E-state index contributed by atoms with van der Waals surface area (Å²) in [6, 6.07) is 12.2. The molecule has 2 amide bonds. The van der Waals surface area contributed by atoms with Crippen molar-refractivity contribution in [1.29, 1.82) is 0 Å². The van der Waals surface area contributed by atoms with Gasteiger partial charge in [-0.05, 0) is 75.8 Å².